The Morgan fingerprint density at radius 2 is 1.74 bits per heavy atom. The molecule has 1 heterocycles. The lowest BCUT2D eigenvalue weighted by molar-refractivity contribution is -0.118. The molecule has 0 radical (unpaired) electrons. The van der Waals surface area contributed by atoms with Gasteiger partial charge in [-0.15, -0.1) is 0 Å². The van der Waals surface area contributed by atoms with E-state index in [0.29, 0.717) is 17.8 Å². The standard InChI is InChI=1S/C23H27N5O2S/c1-23(2,3)28-31-18-11-9-17(10-12-18)25-22(30)20(15-16-7-5-4-6-8-16)26-21(29)19-13-14-24-27-19/h4-14,20,28H,15H2,1-3H3,(H,24,27)(H,25,30)(H,26,29). The van der Waals surface area contributed by atoms with Gasteiger partial charge in [0.05, 0.1) is 0 Å². The molecular formula is C23H27N5O2S. The number of aromatic amines is 1. The summed E-state index contributed by atoms with van der Waals surface area (Å²) in [6, 6.07) is 18.0. The zero-order valence-corrected chi connectivity index (χ0v) is 18.6. The SMILES string of the molecule is CC(C)(C)NSc1ccc(NC(=O)C(Cc2ccccc2)NC(=O)c2ccn[nH]2)cc1. The summed E-state index contributed by atoms with van der Waals surface area (Å²) in [4.78, 5) is 26.5. The molecule has 0 saturated heterocycles. The average Bonchev–Trinajstić information content (AvgIpc) is 3.28. The van der Waals surface area contributed by atoms with Crippen molar-refractivity contribution in [2.45, 2.75) is 43.7 Å². The Morgan fingerprint density at radius 3 is 2.35 bits per heavy atom. The van der Waals surface area contributed by atoms with Crippen molar-refractivity contribution in [2.75, 3.05) is 5.32 Å². The maximum absolute atomic E-state index is 13.0. The lowest BCUT2D eigenvalue weighted by Gasteiger charge is -2.20. The molecule has 7 nitrogen and oxygen atoms in total. The monoisotopic (exact) mass is 437 g/mol. The normalized spacial score (nSPS) is 12.2. The van der Waals surface area contributed by atoms with Gasteiger partial charge in [0.1, 0.15) is 11.7 Å². The molecule has 3 aromatic rings. The van der Waals surface area contributed by atoms with Crippen LogP contribution in [0.4, 0.5) is 5.69 Å². The van der Waals surface area contributed by atoms with Gasteiger partial charge in [-0.3, -0.25) is 19.4 Å². The van der Waals surface area contributed by atoms with E-state index in [0.717, 1.165) is 10.5 Å². The Bertz CT molecular complexity index is 983. The highest BCUT2D eigenvalue weighted by molar-refractivity contribution is 7.97. The van der Waals surface area contributed by atoms with Crippen molar-refractivity contribution in [3.63, 3.8) is 0 Å². The predicted molar refractivity (Wildman–Crippen MR) is 124 cm³/mol. The van der Waals surface area contributed by atoms with Gasteiger partial charge in [-0.05, 0) is 68.6 Å². The van der Waals surface area contributed by atoms with Crippen LogP contribution in [0.1, 0.15) is 36.8 Å². The predicted octanol–water partition coefficient (Wildman–Crippen LogP) is 3.78. The second kappa shape index (κ2) is 10.3. The number of H-pyrrole nitrogens is 1. The van der Waals surface area contributed by atoms with Crippen LogP contribution in [0, 0.1) is 0 Å². The summed E-state index contributed by atoms with van der Waals surface area (Å²) < 4.78 is 3.35. The summed E-state index contributed by atoms with van der Waals surface area (Å²) >= 11 is 1.54. The highest BCUT2D eigenvalue weighted by Gasteiger charge is 2.22. The molecule has 0 aliphatic carbocycles. The van der Waals surface area contributed by atoms with Gasteiger partial charge in [0, 0.05) is 28.7 Å². The quantitative estimate of drug-likeness (QED) is 0.402. The minimum absolute atomic E-state index is 0.00489. The van der Waals surface area contributed by atoms with E-state index >= 15 is 0 Å². The summed E-state index contributed by atoms with van der Waals surface area (Å²) in [5.74, 6) is -0.668. The number of hydrogen-bond donors (Lipinski definition) is 4. The summed E-state index contributed by atoms with van der Waals surface area (Å²) in [6.45, 7) is 6.29. The van der Waals surface area contributed by atoms with Gasteiger partial charge < -0.3 is 10.6 Å². The molecule has 162 valence electrons. The molecule has 1 aromatic heterocycles. The van der Waals surface area contributed by atoms with Crippen molar-refractivity contribution < 1.29 is 9.59 Å². The summed E-state index contributed by atoms with van der Waals surface area (Å²) in [5, 5.41) is 12.1. The van der Waals surface area contributed by atoms with Crippen LogP contribution in [0.15, 0.2) is 71.8 Å². The minimum atomic E-state index is -0.741. The number of carbonyl (C=O) groups is 2. The van der Waals surface area contributed by atoms with Crippen LogP contribution in [0.3, 0.4) is 0 Å². The second-order valence-electron chi connectivity index (χ2n) is 8.15. The maximum atomic E-state index is 13.0. The van der Waals surface area contributed by atoms with Crippen LogP contribution in [0.25, 0.3) is 0 Å². The van der Waals surface area contributed by atoms with E-state index in [4.69, 9.17) is 0 Å². The average molecular weight is 438 g/mol. The van der Waals surface area contributed by atoms with Crippen LogP contribution in [-0.2, 0) is 11.2 Å². The van der Waals surface area contributed by atoms with Gasteiger partial charge in [-0.2, -0.15) is 5.10 Å². The Hall–Kier alpha value is -3.10. The molecule has 0 fully saturated rings. The van der Waals surface area contributed by atoms with Gasteiger partial charge in [0.2, 0.25) is 5.91 Å². The second-order valence-corrected chi connectivity index (χ2v) is 9.03. The molecule has 0 bridgehead atoms. The topological polar surface area (TPSA) is 98.9 Å². The van der Waals surface area contributed by atoms with Gasteiger partial charge in [-0.25, -0.2) is 0 Å². The summed E-state index contributed by atoms with van der Waals surface area (Å²) in [7, 11) is 0. The molecule has 4 N–H and O–H groups in total. The summed E-state index contributed by atoms with van der Waals surface area (Å²) in [6.07, 6.45) is 1.87. The van der Waals surface area contributed by atoms with Gasteiger partial charge in [0.25, 0.3) is 5.91 Å². The third-order valence-corrected chi connectivity index (χ3v) is 5.47. The fourth-order valence-electron chi connectivity index (χ4n) is 2.73. The first kappa shape index (κ1) is 22.6. The number of nitrogens with zero attached hydrogens (tertiary/aromatic N) is 1. The van der Waals surface area contributed by atoms with Crippen LogP contribution >= 0.6 is 11.9 Å². The zero-order valence-electron chi connectivity index (χ0n) is 17.8. The first-order valence-electron chi connectivity index (χ1n) is 9.99. The molecule has 8 heteroatoms. The van der Waals surface area contributed by atoms with E-state index in [2.05, 4.69) is 46.3 Å². The molecule has 0 aliphatic heterocycles. The van der Waals surface area contributed by atoms with Crippen molar-refractivity contribution in [1.82, 2.24) is 20.2 Å². The Labute approximate surface area is 186 Å². The van der Waals surface area contributed by atoms with Gasteiger partial charge in [0.15, 0.2) is 0 Å². The maximum Gasteiger partial charge on any atom is 0.269 e. The molecule has 2 aromatic carbocycles. The number of carbonyl (C=O) groups excluding carboxylic acids is 2. The number of amides is 2. The van der Waals surface area contributed by atoms with Crippen LogP contribution in [-0.4, -0.2) is 33.6 Å². The zero-order chi connectivity index (χ0) is 22.3. The fourth-order valence-corrected chi connectivity index (χ4v) is 3.42. The molecule has 1 atom stereocenters. The lowest BCUT2D eigenvalue weighted by Crippen LogP contribution is -2.45. The third-order valence-electron chi connectivity index (χ3n) is 4.25. The number of hydrogen-bond acceptors (Lipinski definition) is 5. The number of nitrogens with one attached hydrogen (secondary N) is 4. The largest absolute Gasteiger partial charge is 0.339 e. The van der Waals surface area contributed by atoms with Crippen molar-refractivity contribution in [3.8, 4) is 0 Å². The van der Waals surface area contributed by atoms with E-state index in [-0.39, 0.29) is 17.4 Å². The molecule has 0 spiro atoms. The number of benzene rings is 2. The summed E-state index contributed by atoms with van der Waals surface area (Å²) in [5.41, 5.74) is 1.92. The number of anilines is 1. The van der Waals surface area contributed by atoms with Crippen molar-refractivity contribution in [1.29, 1.82) is 0 Å². The van der Waals surface area contributed by atoms with E-state index < -0.39 is 6.04 Å². The van der Waals surface area contributed by atoms with Crippen molar-refractivity contribution >= 4 is 29.4 Å². The first-order valence-corrected chi connectivity index (χ1v) is 10.8. The van der Waals surface area contributed by atoms with Crippen molar-refractivity contribution in [2.24, 2.45) is 0 Å². The van der Waals surface area contributed by atoms with Gasteiger partial charge >= 0.3 is 0 Å². The Kier molecular flexibility index (Phi) is 7.49. The Morgan fingerprint density at radius 1 is 1.03 bits per heavy atom. The molecule has 31 heavy (non-hydrogen) atoms. The molecular weight excluding hydrogens is 410 g/mol. The Balaban J connectivity index is 1.68. The van der Waals surface area contributed by atoms with Crippen molar-refractivity contribution in [3.05, 3.63) is 78.1 Å². The van der Waals surface area contributed by atoms with Crippen LogP contribution in [0.2, 0.25) is 0 Å². The van der Waals surface area contributed by atoms with Crippen LogP contribution < -0.4 is 15.4 Å². The highest BCUT2D eigenvalue weighted by Crippen LogP contribution is 2.20. The molecule has 1 unspecified atom stereocenters. The van der Waals surface area contributed by atoms with Gasteiger partial charge in [-0.1, -0.05) is 30.3 Å². The molecule has 0 aliphatic rings. The van der Waals surface area contributed by atoms with E-state index in [1.54, 1.807) is 18.0 Å². The number of aromatic nitrogens is 2. The third kappa shape index (κ3) is 7.27. The minimum Gasteiger partial charge on any atom is -0.339 e. The van der Waals surface area contributed by atoms with E-state index in [9.17, 15) is 9.59 Å². The number of rotatable bonds is 8. The van der Waals surface area contributed by atoms with E-state index in [1.807, 2.05) is 54.6 Å². The fraction of sp³-hybridized carbons (Fsp3) is 0.261. The highest BCUT2D eigenvalue weighted by atomic mass is 32.2. The first-order chi connectivity index (χ1) is 14.8. The molecule has 0 saturated carbocycles. The smallest absolute Gasteiger partial charge is 0.269 e. The molecule has 3 rings (SSSR count). The lowest BCUT2D eigenvalue weighted by atomic mass is 10.0. The molecule has 2 amide bonds. The van der Waals surface area contributed by atoms with Crippen LogP contribution in [0.5, 0.6) is 0 Å². The van der Waals surface area contributed by atoms with E-state index in [1.165, 1.54) is 6.20 Å².